The zero-order valence-electron chi connectivity index (χ0n) is 15.7. The molecule has 1 aromatic carbocycles. The molecule has 0 bridgehead atoms. The van der Waals surface area contributed by atoms with E-state index in [-0.39, 0.29) is 0 Å². The lowest BCUT2D eigenvalue weighted by Gasteiger charge is -2.13. The van der Waals surface area contributed by atoms with E-state index in [1.807, 2.05) is 12.1 Å². The number of hydrogen-bond acceptors (Lipinski definition) is 4. The minimum atomic E-state index is 0.574. The molecule has 2 aromatic rings. The highest BCUT2D eigenvalue weighted by Crippen LogP contribution is 2.18. The van der Waals surface area contributed by atoms with Crippen molar-refractivity contribution in [3.63, 3.8) is 0 Å². The minimum Gasteiger partial charge on any atom is -0.356 e. The first-order chi connectivity index (χ1) is 12.1. The van der Waals surface area contributed by atoms with Crippen LogP contribution >= 0.6 is 0 Å². The maximum absolute atomic E-state index is 5.36. The molecule has 0 fully saturated rings. The highest BCUT2D eigenvalue weighted by Gasteiger charge is 2.09. The quantitative estimate of drug-likeness (QED) is 0.567. The van der Waals surface area contributed by atoms with Gasteiger partial charge >= 0.3 is 0 Å². The molecule has 6 heteroatoms. The number of nitrogens with zero attached hydrogens (tertiary/aromatic N) is 3. The lowest BCUT2D eigenvalue weighted by atomic mass is 10.1. The number of aryl methyl sites for hydroxylation is 1. The molecular weight excluding hydrogens is 314 g/mol. The van der Waals surface area contributed by atoms with Crippen LogP contribution in [-0.4, -0.2) is 29.7 Å². The molecule has 1 aromatic heterocycles. The Morgan fingerprint density at radius 3 is 2.84 bits per heavy atom. The summed E-state index contributed by atoms with van der Waals surface area (Å²) >= 11 is 0. The molecule has 136 valence electrons. The van der Waals surface area contributed by atoms with Crippen LogP contribution in [0.1, 0.15) is 45.0 Å². The number of guanidine groups is 1. The van der Waals surface area contributed by atoms with Crippen molar-refractivity contribution >= 4 is 5.96 Å². The molecule has 6 nitrogen and oxygen atoms in total. The summed E-state index contributed by atoms with van der Waals surface area (Å²) in [7, 11) is 1.79. The Bertz CT molecular complexity index is 678. The summed E-state index contributed by atoms with van der Waals surface area (Å²) in [5, 5.41) is 10.7. The SMILES string of the molecule is CCCc1noc(-c2cccc(CNC(=NC)NCCC(C)C)c2)n1. The van der Waals surface area contributed by atoms with Gasteiger partial charge in [-0.15, -0.1) is 0 Å². The molecular formula is C19H29N5O. The molecule has 0 aliphatic rings. The fourth-order valence-corrected chi connectivity index (χ4v) is 2.40. The zero-order chi connectivity index (χ0) is 18.1. The van der Waals surface area contributed by atoms with Gasteiger partial charge < -0.3 is 15.2 Å². The average Bonchev–Trinajstić information content (AvgIpc) is 3.07. The molecule has 0 amide bonds. The van der Waals surface area contributed by atoms with E-state index < -0.39 is 0 Å². The van der Waals surface area contributed by atoms with Gasteiger partial charge in [-0.3, -0.25) is 4.99 Å². The highest BCUT2D eigenvalue weighted by atomic mass is 16.5. The lowest BCUT2D eigenvalue weighted by molar-refractivity contribution is 0.422. The maximum atomic E-state index is 5.36. The minimum absolute atomic E-state index is 0.574. The van der Waals surface area contributed by atoms with Gasteiger partial charge in [-0.2, -0.15) is 4.98 Å². The summed E-state index contributed by atoms with van der Waals surface area (Å²) < 4.78 is 5.36. The Kier molecular flexibility index (Phi) is 7.44. The van der Waals surface area contributed by atoms with Crippen LogP contribution in [-0.2, 0) is 13.0 Å². The predicted molar refractivity (Wildman–Crippen MR) is 101 cm³/mol. The number of aliphatic imine (C=N–C) groups is 1. The highest BCUT2D eigenvalue weighted by molar-refractivity contribution is 5.79. The van der Waals surface area contributed by atoms with E-state index in [1.54, 1.807) is 7.05 Å². The van der Waals surface area contributed by atoms with Gasteiger partial charge in [0.2, 0.25) is 0 Å². The second-order valence-corrected chi connectivity index (χ2v) is 6.50. The van der Waals surface area contributed by atoms with Crippen molar-refractivity contribution in [2.45, 2.75) is 46.6 Å². The van der Waals surface area contributed by atoms with E-state index in [9.17, 15) is 0 Å². The van der Waals surface area contributed by atoms with Gasteiger partial charge in [-0.05, 0) is 36.5 Å². The van der Waals surface area contributed by atoms with E-state index >= 15 is 0 Å². The second-order valence-electron chi connectivity index (χ2n) is 6.50. The van der Waals surface area contributed by atoms with E-state index in [2.05, 4.69) is 58.7 Å². The Balaban J connectivity index is 1.94. The number of aromatic nitrogens is 2. The van der Waals surface area contributed by atoms with Crippen LogP contribution in [0.5, 0.6) is 0 Å². The number of rotatable bonds is 8. The number of benzene rings is 1. The van der Waals surface area contributed by atoms with Crippen molar-refractivity contribution in [2.24, 2.45) is 10.9 Å². The summed E-state index contributed by atoms with van der Waals surface area (Å²) in [5.74, 6) is 2.82. The van der Waals surface area contributed by atoms with Gasteiger partial charge in [-0.1, -0.05) is 38.1 Å². The first kappa shape index (κ1) is 19.0. The Morgan fingerprint density at radius 2 is 2.12 bits per heavy atom. The van der Waals surface area contributed by atoms with Crippen LogP contribution < -0.4 is 10.6 Å². The molecule has 0 aliphatic heterocycles. The lowest BCUT2D eigenvalue weighted by Crippen LogP contribution is -2.37. The summed E-state index contributed by atoms with van der Waals surface area (Å²) in [4.78, 5) is 8.70. The third-order valence-electron chi connectivity index (χ3n) is 3.81. The molecule has 0 radical (unpaired) electrons. The van der Waals surface area contributed by atoms with Gasteiger partial charge in [0.1, 0.15) is 0 Å². The van der Waals surface area contributed by atoms with Crippen LogP contribution in [0.4, 0.5) is 0 Å². The van der Waals surface area contributed by atoms with E-state index in [0.717, 1.165) is 48.7 Å². The summed E-state index contributed by atoms with van der Waals surface area (Å²) in [5.41, 5.74) is 2.08. The van der Waals surface area contributed by atoms with Crippen LogP contribution in [0.15, 0.2) is 33.8 Å². The Labute approximate surface area is 150 Å². The average molecular weight is 343 g/mol. The third kappa shape index (κ3) is 6.21. The monoisotopic (exact) mass is 343 g/mol. The van der Waals surface area contributed by atoms with Crippen molar-refractivity contribution in [2.75, 3.05) is 13.6 Å². The summed E-state index contributed by atoms with van der Waals surface area (Å²) in [6.45, 7) is 8.13. The molecule has 25 heavy (non-hydrogen) atoms. The molecule has 1 heterocycles. The van der Waals surface area contributed by atoms with Crippen LogP contribution in [0, 0.1) is 5.92 Å². The molecule has 2 rings (SSSR count). The predicted octanol–water partition coefficient (Wildman–Crippen LogP) is 3.40. The smallest absolute Gasteiger partial charge is 0.257 e. The van der Waals surface area contributed by atoms with Gasteiger partial charge in [0.05, 0.1) is 0 Å². The molecule has 0 unspecified atom stereocenters. The Morgan fingerprint density at radius 1 is 1.28 bits per heavy atom. The van der Waals surface area contributed by atoms with E-state index in [4.69, 9.17) is 4.52 Å². The van der Waals surface area contributed by atoms with Gasteiger partial charge in [0, 0.05) is 32.1 Å². The fraction of sp³-hybridized carbons (Fsp3) is 0.526. The summed E-state index contributed by atoms with van der Waals surface area (Å²) in [6, 6.07) is 8.13. The van der Waals surface area contributed by atoms with E-state index in [1.165, 1.54) is 0 Å². The van der Waals surface area contributed by atoms with Crippen molar-refractivity contribution in [3.05, 3.63) is 35.7 Å². The first-order valence-corrected chi connectivity index (χ1v) is 8.98. The second kappa shape index (κ2) is 9.81. The molecule has 2 N–H and O–H groups in total. The van der Waals surface area contributed by atoms with Gasteiger partial charge in [0.25, 0.3) is 5.89 Å². The van der Waals surface area contributed by atoms with Gasteiger partial charge in [-0.25, -0.2) is 0 Å². The van der Waals surface area contributed by atoms with Crippen molar-refractivity contribution in [1.82, 2.24) is 20.8 Å². The van der Waals surface area contributed by atoms with Crippen molar-refractivity contribution in [1.29, 1.82) is 0 Å². The largest absolute Gasteiger partial charge is 0.356 e. The van der Waals surface area contributed by atoms with Crippen molar-refractivity contribution < 1.29 is 4.52 Å². The first-order valence-electron chi connectivity index (χ1n) is 8.98. The van der Waals surface area contributed by atoms with Gasteiger partial charge in [0.15, 0.2) is 11.8 Å². The van der Waals surface area contributed by atoms with Crippen LogP contribution in [0.25, 0.3) is 11.5 Å². The normalized spacial score (nSPS) is 11.8. The molecule has 0 saturated heterocycles. The Hall–Kier alpha value is -2.37. The van der Waals surface area contributed by atoms with Crippen LogP contribution in [0.3, 0.4) is 0 Å². The fourth-order valence-electron chi connectivity index (χ4n) is 2.40. The van der Waals surface area contributed by atoms with Crippen LogP contribution in [0.2, 0.25) is 0 Å². The van der Waals surface area contributed by atoms with Crippen molar-refractivity contribution in [3.8, 4) is 11.5 Å². The number of nitrogens with one attached hydrogen (secondary N) is 2. The molecule has 0 saturated carbocycles. The molecule has 0 atom stereocenters. The molecule has 0 spiro atoms. The third-order valence-corrected chi connectivity index (χ3v) is 3.81. The molecule has 0 aliphatic carbocycles. The standard InChI is InChI=1S/C19H29N5O/c1-5-7-17-23-18(25-24-17)16-9-6-8-15(12-16)13-22-19(20-4)21-11-10-14(2)3/h6,8-9,12,14H,5,7,10-11,13H2,1-4H3,(H2,20,21,22). The summed E-state index contributed by atoms with van der Waals surface area (Å²) in [6.07, 6.45) is 2.96. The number of hydrogen-bond donors (Lipinski definition) is 2. The van der Waals surface area contributed by atoms with E-state index in [0.29, 0.717) is 18.4 Å². The maximum Gasteiger partial charge on any atom is 0.257 e. The topological polar surface area (TPSA) is 75.3 Å². The zero-order valence-corrected chi connectivity index (χ0v) is 15.7.